The minimum Gasteiger partial charge on any atom is -0.254 e. The Bertz CT molecular complexity index is 1450. The second-order valence-corrected chi connectivity index (χ2v) is 9.02. The van der Waals surface area contributed by atoms with Gasteiger partial charge in [0, 0.05) is 22.9 Å². The maximum atomic E-state index is 5.08. The normalized spacial score (nSPS) is 19.4. The molecule has 0 saturated carbocycles. The van der Waals surface area contributed by atoms with Crippen LogP contribution in [0.3, 0.4) is 0 Å². The summed E-state index contributed by atoms with van der Waals surface area (Å²) in [7, 11) is 0. The van der Waals surface area contributed by atoms with Gasteiger partial charge in [-0.05, 0) is 69.2 Å². The molecule has 2 unspecified atom stereocenters. The quantitative estimate of drug-likeness (QED) is 0.219. The summed E-state index contributed by atoms with van der Waals surface area (Å²) in [5, 5.41) is 2.40. The zero-order valence-corrected chi connectivity index (χ0v) is 18.7. The molecule has 6 rings (SSSR count). The van der Waals surface area contributed by atoms with E-state index in [0.29, 0.717) is 5.92 Å². The van der Waals surface area contributed by atoms with Crippen molar-refractivity contribution in [1.82, 2.24) is 9.97 Å². The van der Waals surface area contributed by atoms with Crippen LogP contribution in [-0.2, 0) is 6.42 Å². The van der Waals surface area contributed by atoms with Crippen LogP contribution in [0.15, 0.2) is 76.4 Å². The van der Waals surface area contributed by atoms with Crippen LogP contribution in [0.2, 0.25) is 0 Å². The lowest BCUT2D eigenvalue weighted by molar-refractivity contribution is 0.671. The Hall–Kier alpha value is -3.11. The van der Waals surface area contributed by atoms with Gasteiger partial charge in [-0.1, -0.05) is 55.5 Å². The summed E-state index contributed by atoms with van der Waals surface area (Å²) in [6, 6.07) is 17.2. The number of pyridine rings is 2. The molecular weight excluding hydrogens is 446 g/mol. The van der Waals surface area contributed by atoms with Gasteiger partial charge in [0.1, 0.15) is 4.60 Å². The smallest absolute Gasteiger partial charge is 0.106 e. The molecule has 2 aromatic heterocycles. The number of aromatic nitrogens is 2. The van der Waals surface area contributed by atoms with E-state index in [1.165, 1.54) is 27.5 Å². The zero-order valence-electron chi connectivity index (χ0n) is 17.1. The SMILES string of the molecule is CC1c2ccc(Br)nc2C=CC1c1c2ccccc2nc2c3c(ccc12)CC=CC=N3. The second-order valence-electron chi connectivity index (χ2n) is 8.20. The van der Waals surface area contributed by atoms with Crippen molar-refractivity contribution >= 4 is 55.7 Å². The molecule has 3 nitrogen and oxygen atoms in total. The molecule has 0 radical (unpaired) electrons. The summed E-state index contributed by atoms with van der Waals surface area (Å²) in [5.74, 6) is 0.537. The van der Waals surface area contributed by atoms with Crippen molar-refractivity contribution in [3.63, 3.8) is 0 Å². The van der Waals surface area contributed by atoms with Crippen LogP contribution in [0.1, 0.15) is 41.1 Å². The highest BCUT2D eigenvalue weighted by molar-refractivity contribution is 9.10. The molecule has 0 amide bonds. The molecular formula is C27H20BrN3. The van der Waals surface area contributed by atoms with Crippen molar-refractivity contribution in [2.75, 3.05) is 0 Å². The predicted octanol–water partition coefficient (Wildman–Crippen LogP) is 7.27. The van der Waals surface area contributed by atoms with Gasteiger partial charge in [0.05, 0.1) is 22.4 Å². The molecule has 0 bridgehead atoms. The Morgan fingerprint density at radius 2 is 1.87 bits per heavy atom. The first-order valence-corrected chi connectivity index (χ1v) is 11.4. The van der Waals surface area contributed by atoms with Crippen molar-refractivity contribution in [2.24, 2.45) is 4.99 Å². The Balaban J connectivity index is 1.66. The highest BCUT2D eigenvalue weighted by Crippen LogP contribution is 2.46. The number of nitrogens with zero attached hydrogens (tertiary/aromatic N) is 3. The van der Waals surface area contributed by atoms with Gasteiger partial charge < -0.3 is 0 Å². The van der Waals surface area contributed by atoms with Gasteiger partial charge in [0.25, 0.3) is 0 Å². The topological polar surface area (TPSA) is 38.1 Å². The summed E-state index contributed by atoms with van der Waals surface area (Å²) >= 11 is 3.51. The molecule has 31 heavy (non-hydrogen) atoms. The first kappa shape index (κ1) is 18.6. The fourth-order valence-electron chi connectivity index (χ4n) is 4.94. The number of hydrogen-bond acceptors (Lipinski definition) is 3. The van der Waals surface area contributed by atoms with Crippen LogP contribution >= 0.6 is 15.9 Å². The minimum atomic E-state index is 0.233. The molecule has 1 aliphatic carbocycles. The van der Waals surface area contributed by atoms with Crippen LogP contribution in [0.5, 0.6) is 0 Å². The first-order valence-electron chi connectivity index (χ1n) is 10.6. The van der Waals surface area contributed by atoms with E-state index in [4.69, 9.17) is 9.98 Å². The highest BCUT2D eigenvalue weighted by Gasteiger charge is 2.28. The molecule has 0 spiro atoms. The Morgan fingerprint density at radius 3 is 2.81 bits per heavy atom. The van der Waals surface area contributed by atoms with Gasteiger partial charge in [-0.25, -0.2) is 9.97 Å². The molecule has 2 atom stereocenters. The van der Waals surface area contributed by atoms with E-state index in [1.54, 1.807) is 0 Å². The van der Waals surface area contributed by atoms with E-state index < -0.39 is 0 Å². The molecule has 2 aromatic carbocycles. The molecule has 150 valence electrons. The van der Waals surface area contributed by atoms with Crippen molar-refractivity contribution in [1.29, 1.82) is 0 Å². The molecule has 0 N–H and O–H groups in total. The number of hydrogen-bond donors (Lipinski definition) is 0. The Morgan fingerprint density at radius 1 is 0.968 bits per heavy atom. The monoisotopic (exact) mass is 465 g/mol. The summed E-state index contributed by atoms with van der Waals surface area (Å²) in [5.41, 5.74) is 7.88. The number of aliphatic imine (C=N–C) groups is 1. The second kappa shape index (κ2) is 7.24. The van der Waals surface area contributed by atoms with E-state index in [2.05, 4.69) is 88.5 Å². The number of para-hydroxylation sites is 1. The third-order valence-corrected chi connectivity index (χ3v) is 6.90. The number of allylic oxidation sites excluding steroid dienone is 3. The Kier molecular flexibility index (Phi) is 4.35. The van der Waals surface area contributed by atoms with Crippen LogP contribution in [0.25, 0.3) is 27.9 Å². The van der Waals surface area contributed by atoms with Crippen molar-refractivity contribution in [2.45, 2.75) is 25.2 Å². The molecule has 2 aliphatic rings. The van der Waals surface area contributed by atoms with Gasteiger partial charge in [-0.15, -0.1) is 0 Å². The van der Waals surface area contributed by atoms with Crippen molar-refractivity contribution in [3.05, 3.63) is 93.7 Å². The third-order valence-electron chi connectivity index (χ3n) is 6.46. The van der Waals surface area contributed by atoms with Crippen molar-refractivity contribution < 1.29 is 0 Å². The van der Waals surface area contributed by atoms with E-state index >= 15 is 0 Å². The molecule has 1 aliphatic heterocycles. The number of fused-ring (bicyclic) bond motifs is 5. The third kappa shape index (κ3) is 2.97. The first-order chi connectivity index (χ1) is 15.2. The molecule has 3 heterocycles. The van der Waals surface area contributed by atoms with Gasteiger partial charge in [0.2, 0.25) is 0 Å². The molecule has 4 heteroatoms. The fraction of sp³-hybridized carbons (Fsp3) is 0.148. The standard InChI is InChI=1S/C27H20BrN3/c1-16-18-12-14-24(28)30-23(18)13-11-19(16)25-20-7-2-3-8-22(20)31-27-21(25)10-9-17-6-4-5-15-29-26(17)27/h2-5,7-16,19H,6H2,1H3. The average molecular weight is 466 g/mol. The largest absolute Gasteiger partial charge is 0.254 e. The lowest BCUT2D eigenvalue weighted by atomic mass is 9.76. The number of benzene rings is 2. The number of rotatable bonds is 1. The van der Waals surface area contributed by atoms with Crippen LogP contribution in [0, 0.1) is 0 Å². The summed E-state index contributed by atoms with van der Waals surface area (Å²) in [6.45, 7) is 2.30. The number of halogens is 1. The predicted molar refractivity (Wildman–Crippen MR) is 132 cm³/mol. The lowest BCUT2D eigenvalue weighted by Gasteiger charge is -2.29. The fourth-order valence-corrected chi connectivity index (χ4v) is 5.26. The van der Waals surface area contributed by atoms with Crippen LogP contribution < -0.4 is 0 Å². The van der Waals surface area contributed by atoms with E-state index in [9.17, 15) is 0 Å². The Labute approximate surface area is 189 Å². The van der Waals surface area contributed by atoms with E-state index in [0.717, 1.165) is 33.4 Å². The minimum absolute atomic E-state index is 0.233. The maximum absolute atomic E-state index is 5.08. The van der Waals surface area contributed by atoms with Crippen molar-refractivity contribution in [3.8, 4) is 0 Å². The van der Waals surface area contributed by atoms with Gasteiger partial charge >= 0.3 is 0 Å². The van der Waals surface area contributed by atoms with E-state index in [1.807, 2.05) is 18.4 Å². The summed E-state index contributed by atoms with van der Waals surface area (Å²) < 4.78 is 0.871. The van der Waals surface area contributed by atoms with Gasteiger partial charge in [-0.3, -0.25) is 4.99 Å². The average Bonchev–Trinajstić information content (AvgIpc) is 3.04. The van der Waals surface area contributed by atoms with Crippen LogP contribution in [-0.4, -0.2) is 16.2 Å². The summed E-state index contributed by atoms with van der Waals surface area (Å²) in [6.07, 6.45) is 11.4. The molecule has 0 saturated heterocycles. The van der Waals surface area contributed by atoms with Crippen LogP contribution in [0.4, 0.5) is 5.69 Å². The maximum Gasteiger partial charge on any atom is 0.106 e. The van der Waals surface area contributed by atoms with E-state index in [-0.39, 0.29) is 5.92 Å². The van der Waals surface area contributed by atoms with Gasteiger partial charge in [0.15, 0.2) is 0 Å². The zero-order chi connectivity index (χ0) is 20.9. The molecule has 4 aromatic rings. The summed E-state index contributed by atoms with van der Waals surface area (Å²) in [4.78, 5) is 14.5. The highest BCUT2D eigenvalue weighted by atomic mass is 79.9. The molecule has 0 fully saturated rings. The lowest BCUT2D eigenvalue weighted by Crippen LogP contribution is -2.13. The van der Waals surface area contributed by atoms with Gasteiger partial charge in [-0.2, -0.15) is 0 Å².